The molecule has 0 amide bonds. The van der Waals surface area contributed by atoms with Gasteiger partial charge in [-0.15, -0.1) is 0 Å². The zero-order chi connectivity index (χ0) is 22.2. The quantitative estimate of drug-likeness (QED) is 0.647. The minimum absolute atomic E-state index is 0.298. The molecule has 3 aromatic rings. The van der Waals surface area contributed by atoms with E-state index in [0.717, 1.165) is 46.4 Å². The molecular formula is C25H31FN2O3. The molecule has 2 aromatic carbocycles. The summed E-state index contributed by atoms with van der Waals surface area (Å²) in [5.74, 6) is 0.471. The number of methoxy groups -OCH3 is 1. The third-order valence-corrected chi connectivity index (χ3v) is 6.80. The largest absolute Gasteiger partial charge is 0.497 e. The van der Waals surface area contributed by atoms with Crippen LogP contribution in [-0.4, -0.2) is 46.4 Å². The molecule has 0 unspecified atom stereocenters. The normalized spacial score (nSPS) is 21.2. The fraction of sp³-hybridized carbons (Fsp3) is 0.440. The summed E-state index contributed by atoms with van der Waals surface area (Å²) in [7, 11) is 3.65. The van der Waals surface area contributed by atoms with Gasteiger partial charge in [0.05, 0.1) is 18.8 Å². The highest BCUT2D eigenvalue weighted by atomic mass is 19.1. The Morgan fingerprint density at radius 1 is 1.13 bits per heavy atom. The highest BCUT2D eigenvalue weighted by Gasteiger charge is 2.33. The molecule has 31 heavy (non-hydrogen) atoms. The summed E-state index contributed by atoms with van der Waals surface area (Å²) in [6.07, 6.45) is 1.33. The molecule has 1 saturated heterocycles. The molecule has 1 aromatic heterocycles. The number of hydrogen-bond donors (Lipinski definition) is 2. The fourth-order valence-corrected chi connectivity index (χ4v) is 4.87. The SMILES string of the molecule is COc1ccc2c(c1)c([C@H](O)CN1CCC[C@@](O)(c3ccc(F)cc3)CC1)c(C)n2C. The van der Waals surface area contributed by atoms with E-state index in [-0.39, 0.29) is 5.82 Å². The molecule has 1 aliphatic rings. The van der Waals surface area contributed by atoms with E-state index in [1.165, 1.54) is 12.1 Å². The number of aromatic nitrogens is 1. The van der Waals surface area contributed by atoms with Gasteiger partial charge in [0.1, 0.15) is 11.6 Å². The minimum atomic E-state index is -0.962. The molecule has 2 heterocycles. The number of aliphatic hydroxyl groups excluding tert-OH is 1. The number of halogens is 1. The van der Waals surface area contributed by atoms with E-state index in [2.05, 4.69) is 9.47 Å². The van der Waals surface area contributed by atoms with Gasteiger partial charge in [-0.2, -0.15) is 0 Å². The maximum absolute atomic E-state index is 13.3. The monoisotopic (exact) mass is 426 g/mol. The molecule has 166 valence electrons. The first kappa shape index (κ1) is 21.8. The first-order chi connectivity index (χ1) is 14.8. The van der Waals surface area contributed by atoms with E-state index in [4.69, 9.17) is 4.74 Å². The van der Waals surface area contributed by atoms with Crippen LogP contribution in [0.5, 0.6) is 5.75 Å². The Morgan fingerprint density at radius 2 is 1.87 bits per heavy atom. The van der Waals surface area contributed by atoms with Gasteiger partial charge in [-0.25, -0.2) is 4.39 Å². The van der Waals surface area contributed by atoms with Crippen molar-refractivity contribution in [1.29, 1.82) is 0 Å². The number of β-amino-alcohol motifs (C(OH)–C–C–N with tert-alkyl or cyclic N) is 1. The first-order valence-corrected chi connectivity index (χ1v) is 10.8. The number of benzene rings is 2. The highest BCUT2D eigenvalue weighted by molar-refractivity contribution is 5.87. The first-order valence-electron chi connectivity index (χ1n) is 10.8. The average Bonchev–Trinajstić information content (AvgIpc) is 2.88. The van der Waals surface area contributed by atoms with Crippen LogP contribution in [-0.2, 0) is 12.6 Å². The lowest BCUT2D eigenvalue weighted by atomic mass is 9.87. The molecule has 1 fully saturated rings. The van der Waals surface area contributed by atoms with Crippen molar-refractivity contribution in [3.8, 4) is 5.75 Å². The van der Waals surface area contributed by atoms with Crippen LogP contribution in [0.3, 0.4) is 0 Å². The molecule has 0 spiro atoms. The second-order valence-corrected chi connectivity index (χ2v) is 8.65. The van der Waals surface area contributed by atoms with E-state index in [0.29, 0.717) is 25.9 Å². The van der Waals surface area contributed by atoms with Gasteiger partial charge >= 0.3 is 0 Å². The Bertz CT molecular complexity index is 1060. The Hall–Kier alpha value is -2.41. The average molecular weight is 427 g/mol. The molecule has 0 bridgehead atoms. The highest BCUT2D eigenvalue weighted by Crippen LogP contribution is 2.35. The summed E-state index contributed by atoms with van der Waals surface area (Å²) >= 11 is 0. The summed E-state index contributed by atoms with van der Waals surface area (Å²) in [6, 6.07) is 12.1. The summed E-state index contributed by atoms with van der Waals surface area (Å²) in [4.78, 5) is 2.21. The van der Waals surface area contributed by atoms with E-state index in [1.807, 2.05) is 32.2 Å². The van der Waals surface area contributed by atoms with Crippen molar-refractivity contribution in [2.75, 3.05) is 26.7 Å². The van der Waals surface area contributed by atoms with Crippen LogP contribution in [0.15, 0.2) is 42.5 Å². The second kappa shape index (κ2) is 8.61. The van der Waals surface area contributed by atoms with Crippen molar-refractivity contribution in [2.45, 2.75) is 37.9 Å². The van der Waals surface area contributed by atoms with Crippen molar-refractivity contribution < 1.29 is 19.3 Å². The van der Waals surface area contributed by atoms with Crippen LogP contribution in [0.1, 0.15) is 42.2 Å². The number of aliphatic hydroxyl groups is 2. The smallest absolute Gasteiger partial charge is 0.123 e. The number of ether oxygens (including phenoxy) is 1. The second-order valence-electron chi connectivity index (χ2n) is 8.65. The zero-order valence-corrected chi connectivity index (χ0v) is 18.4. The maximum Gasteiger partial charge on any atom is 0.123 e. The van der Waals surface area contributed by atoms with Crippen LogP contribution >= 0.6 is 0 Å². The molecule has 4 rings (SSSR count). The van der Waals surface area contributed by atoms with Crippen LogP contribution < -0.4 is 4.74 Å². The van der Waals surface area contributed by atoms with E-state index < -0.39 is 11.7 Å². The third-order valence-electron chi connectivity index (χ3n) is 6.80. The number of nitrogens with zero attached hydrogens (tertiary/aromatic N) is 2. The van der Waals surface area contributed by atoms with Crippen molar-refractivity contribution >= 4 is 10.9 Å². The van der Waals surface area contributed by atoms with Gasteiger partial charge in [-0.1, -0.05) is 12.1 Å². The molecule has 2 N–H and O–H groups in total. The molecular weight excluding hydrogens is 395 g/mol. The number of likely N-dealkylation sites (tertiary alicyclic amines) is 1. The predicted octanol–water partition coefficient (Wildman–Crippen LogP) is 4.04. The predicted molar refractivity (Wildman–Crippen MR) is 120 cm³/mol. The standard InChI is InChI=1S/C25H31FN2O3/c1-17-24(21-15-20(31-3)9-10-22(21)27(17)2)23(29)16-28-13-4-11-25(30,12-14-28)18-5-7-19(26)8-6-18/h5-10,15,23,29-30H,4,11-14,16H2,1-3H3/t23-,25+/m1/s1. The van der Waals surface area contributed by atoms with Crippen molar-refractivity contribution in [1.82, 2.24) is 9.47 Å². The topological polar surface area (TPSA) is 57.9 Å². The van der Waals surface area contributed by atoms with Crippen LogP contribution in [0.2, 0.25) is 0 Å². The van der Waals surface area contributed by atoms with Crippen LogP contribution in [0, 0.1) is 12.7 Å². The number of aryl methyl sites for hydroxylation is 1. The zero-order valence-electron chi connectivity index (χ0n) is 18.4. The number of fused-ring (bicyclic) bond motifs is 1. The van der Waals surface area contributed by atoms with E-state index >= 15 is 0 Å². The van der Waals surface area contributed by atoms with Crippen LogP contribution in [0.25, 0.3) is 10.9 Å². The van der Waals surface area contributed by atoms with Gasteiger partial charge in [-0.05, 0) is 68.6 Å². The van der Waals surface area contributed by atoms with Gasteiger partial charge in [-0.3, -0.25) is 0 Å². The summed E-state index contributed by atoms with van der Waals surface area (Å²) in [5.41, 5.74) is 2.82. The molecule has 5 nitrogen and oxygen atoms in total. The molecule has 2 atom stereocenters. The van der Waals surface area contributed by atoms with Gasteiger partial charge in [0, 0.05) is 42.3 Å². The summed E-state index contributed by atoms with van der Waals surface area (Å²) in [5, 5.41) is 23.4. The summed E-state index contributed by atoms with van der Waals surface area (Å²) < 4.78 is 20.8. The van der Waals surface area contributed by atoms with E-state index in [1.54, 1.807) is 19.2 Å². The van der Waals surface area contributed by atoms with Crippen molar-refractivity contribution in [2.24, 2.45) is 7.05 Å². The Morgan fingerprint density at radius 3 is 2.58 bits per heavy atom. The molecule has 0 saturated carbocycles. The lowest BCUT2D eigenvalue weighted by molar-refractivity contribution is 0.0194. The lowest BCUT2D eigenvalue weighted by Gasteiger charge is -2.28. The van der Waals surface area contributed by atoms with Crippen molar-refractivity contribution in [3.05, 3.63) is 65.1 Å². The van der Waals surface area contributed by atoms with Gasteiger partial charge in [0.2, 0.25) is 0 Å². The Balaban J connectivity index is 1.52. The fourth-order valence-electron chi connectivity index (χ4n) is 4.87. The summed E-state index contributed by atoms with van der Waals surface area (Å²) in [6.45, 7) is 3.99. The lowest BCUT2D eigenvalue weighted by Crippen LogP contribution is -2.32. The Kier molecular flexibility index (Phi) is 6.06. The van der Waals surface area contributed by atoms with Gasteiger partial charge in [0.15, 0.2) is 0 Å². The van der Waals surface area contributed by atoms with Crippen molar-refractivity contribution in [3.63, 3.8) is 0 Å². The van der Waals surface area contributed by atoms with Gasteiger partial charge < -0.3 is 24.4 Å². The Labute approximate surface area is 182 Å². The third kappa shape index (κ3) is 4.20. The number of rotatable bonds is 5. The maximum atomic E-state index is 13.3. The number of hydrogen-bond acceptors (Lipinski definition) is 4. The molecule has 6 heteroatoms. The minimum Gasteiger partial charge on any atom is -0.497 e. The van der Waals surface area contributed by atoms with Gasteiger partial charge in [0.25, 0.3) is 0 Å². The molecule has 1 aliphatic heterocycles. The molecule has 0 radical (unpaired) electrons. The van der Waals surface area contributed by atoms with E-state index in [9.17, 15) is 14.6 Å². The van der Waals surface area contributed by atoms with Crippen LogP contribution in [0.4, 0.5) is 4.39 Å². The molecule has 0 aliphatic carbocycles.